The largest absolute Gasteiger partial charge is 0.433 e. The number of nitrogens with zero attached hydrogens (tertiary/aromatic N) is 1. The summed E-state index contributed by atoms with van der Waals surface area (Å²) in [5.74, 6) is 0. The summed E-state index contributed by atoms with van der Waals surface area (Å²) < 4.78 is 62.4. The third-order valence-electron chi connectivity index (χ3n) is 2.26. The second-order valence-corrected chi connectivity index (χ2v) is 5.54. The average molecular weight is 297 g/mol. The van der Waals surface area contributed by atoms with E-state index in [-0.39, 0.29) is 11.4 Å². The predicted octanol–water partition coefficient (Wildman–Crippen LogP) is 1.12. The molecule has 0 atom stereocenters. The number of rotatable bonds is 6. The SMILES string of the molecule is NCCCCNS(=O)(=O)c1ccc(C(F)(F)F)nc1. The maximum Gasteiger partial charge on any atom is 0.433 e. The molecule has 0 unspecified atom stereocenters. The lowest BCUT2D eigenvalue weighted by molar-refractivity contribution is -0.141. The summed E-state index contributed by atoms with van der Waals surface area (Å²) in [5, 5.41) is 0. The van der Waals surface area contributed by atoms with Crippen LogP contribution in [0.3, 0.4) is 0 Å². The minimum atomic E-state index is -4.59. The van der Waals surface area contributed by atoms with E-state index in [4.69, 9.17) is 5.73 Å². The van der Waals surface area contributed by atoms with E-state index in [2.05, 4.69) is 9.71 Å². The van der Waals surface area contributed by atoms with Gasteiger partial charge >= 0.3 is 6.18 Å². The van der Waals surface area contributed by atoms with E-state index >= 15 is 0 Å². The lowest BCUT2D eigenvalue weighted by atomic mass is 10.3. The van der Waals surface area contributed by atoms with Crippen molar-refractivity contribution in [3.8, 4) is 0 Å². The molecule has 0 aromatic carbocycles. The zero-order chi connectivity index (χ0) is 14.5. The summed E-state index contributed by atoms with van der Waals surface area (Å²) in [6.45, 7) is 0.629. The summed E-state index contributed by atoms with van der Waals surface area (Å²) in [6, 6.07) is 1.51. The zero-order valence-electron chi connectivity index (χ0n) is 9.94. The Morgan fingerprint density at radius 2 is 1.95 bits per heavy atom. The van der Waals surface area contributed by atoms with Crippen LogP contribution in [0, 0.1) is 0 Å². The van der Waals surface area contributed by atoms with E-state index in [1.807, 2.05) is 0 Å². The Hall–Kier alpha value is -1.19. The number of nitrogens with two attached hydrogens (primary N) is 1. The normalized spacial score (nSPS) is 12.6. The molecule has 3 N–H and O–H groups in total. The van der Waals surface area contributed by atoms with Gasteiger partial charge in [0.2, 0.25) is 10.0 Å². The van der Waals surface area contributed by atoms with Crippen LogP contribution in [-0.2, 0) is 16.2 Å². The highest BCUT2D eigenvalue weighted by molar-refractivity contribution is 7.89. The van der Waals surface area contributed by atoms with Crippen molar-refractivity contribution in [2.75, 3.05) is 13.1 Å². The number of unbranched alkanes of at least 4 members (excludes halogenated alkanes) is 1. The molecule has 0 fully saturated rings. The highest BCUT2D eigenvalue weighted by Gasteiger charge is 2.32. The molecule has 0 saturated heterocycles. The summed E-state index contributed by atoms with van der Waals surface area (Å²) in [7, 11) is -3.82. The Labute approximate surface area is 109 Å². The van der Waals surface area contributed by atoms with Crippen LogP contribution in [0.4, 0.5) is 13.2 Å². The molecule has 108 valence electrons. The first kappa shape index (κ1) is 15.9. The molecule has 0 radical (unpaired) electrons. The fourth-order valence-electron chi connectivity index (χ4n) is 1.27. The Kier molecular flexibility index (Phi) is 5.27. The van der Waals surface area contributed by atoms with Gasteiger partial charge in [-0.15, -0.1) is 0 Å². The van der Waals surface area contributed by atoms with Crippen LogP contribution >= 0.6 is 0 Å². The summed E-state index contributed by atoms with van der Waals surface area (Å²) >= 11 is 0. The van der Waals surface area contributed by atoms with Crippen LogP contribution in [0.25, 0.3) is 0 Å². The van der Waals surface area contributed by atoms with Gasteiger partial charge in [0.1, 0.15) is 10.6 Å². The van der Waals surface area contributed by atoms with Gasteiger partial charge in [0, 0.05) is 12.7 Å². The molecule has 0 bridgehead atoms. The van der Waals surface area contributed by atoms with Crippen molar-refractivity contribution < 1.29 is 21.6 Å². The second kappa shape index (κ2) is 6.31. The summed E-state index contributed by atoms with van der Waals surface area (Å²) in [6.07, 6.45) is -2.68. The molecule has 1 aromatic rings. The Bertz CT molecular complexity index is 500. The zero-order valence-corrected chi connectivity index (χ0v) is 10.8. The van der Waals surface area contributed by atoms with Gasteiger partial charge in [0.05, 0.1) is 0 Å². The van der Waals surface area contributed by atoms with Gasteiger partial charge in [0.15, 0.2) is 0 Å². The third kappa shape index (κ3) is 4.77. The quantitative estimate of drug-likeness (QED) is 0.770. The predicted molar refractivity (Wildman–Crippen MR) is 62.7 cm³/mol. The van der Waals surface area contributed by atoms with Gasteiger partial charge in [-0.3, -0.25) is 4.98 Å². The van der Waals surface area contributed by atoms with Crippen LogP contribution in [-0.4, -0.2) is 26.5 Å². The number of halogens is 3. The molecule has 1 rings (SSSR count). The van der Waals surface area contributed by atoms with Crippen molar-refractivity contribution in [3.05, 3.63) is 24.0 Å². The molecule has 19 heavy (non-hydrogen) atoms. The number of hydrogen-bond acceptors (Lipinski definition) is 4. The third-order valence-corrected chi connectivity index (χ3v) is 3.71. The number of hydrogen-bond donors (Lipinski definition) is 2. The highest BCUT2D eigenvalue weighted by atomic mass is 32.2. The fraction of sp³-hybridized carbons (Fsp3) is 0.500. The lowest BCUT2D eigenvalue weighted by Crippen LogP contribution is -2.25. The van der Waals surface area contributed by atoms with Gasteiger partial charge in [-0.1, -0.05) is 0 Å². The molecule has 0 aliphatic rings. The van der Waals surface area contributed by atoms with Crippen LogP contribution in [0.15, 0.2) is 23.2 Å². The summed E-state index contributed by atoms with van der Waals surface area (Å²) in [4.78, 5) is 2.80. The van der Waals surface area contributed by atoms with Crippen LogP contribution in [0.5, 0.6) is 0 Å². The lowest BCUT2D eigenvalue weighted by Gasteiger charge is -2.08. The topological polar surface area (TPSA) is 85.1 Å². The van der Waals surface area contributed by atoms with Gasteiger partial charge in [-0.2, -0.15) is 13.2 Å². The molecular formula is C10H14F3N3O2S. The van der Waals surface area contributed by atoms with Crippen molar-refractivity contribution in [1.29, 1.82) is 0 Å². The Morgan fingerprint density at radius 1 is 1.26 bits per heavy atom. The maximum atomic E-state index is 12.3. The van der Waals surface area contributed by atoms with Crippen LogP contribution in [0.1, 0.15) is 18.5 Å². The number of aromatic nitrogens is 1. The van der Waals surface area contributed by atoms with E-state index < -0.39 is 21.9 Å². The fourth-order valence-corrected chi connectivity index (χ4v) is 2.28. The molecular weight excluding hydrogens is 283 g/mol. The van der Waals surface area contributed by atoms with E-state index in [9.17, 15) is 21.6 Å². The Morgan fingerprint density at radius 3 is 2.42 bits per heavy atom. The van der Waals surface area contributed by atoms with Crippen molar-refractivity contribution in [2.45, 2.75) is 23.9 Å². The molecule has 0 spiro atoms. The molecule has 0 amide bonds. The molecule has 0 aliphatic heterocycles. The van der Waals surface area contributed by atoms with Crippen molar-refractivity contribution in [1.82, 2.24) is 9.71 Å². The van der Waals surface area contributed by atoms with Gasteiger partial charge < -0.3 is 5.73 Å². The maximum absolute atomic E-state index is 12.3. The van der Waals surface area contributed by atoms with Gasteiger partial charge in [0.25, 0.3) is 0 Å². The molecule has 0 saturated carbocycles. The van der Waals surface area contributed by atoms with Crippen LogP contribution in [0.2, 0.25) is 0 Å². The van der Waals surface area contributed by atoms with E-state index in [1.165, 1.54) is 0 Å². The van der Waals surface area contributed by atoms with Gasteiger partial charge in [-0.05, 0) is 31.5 Å². The van der Waals surface area contributed by atoms with Crippen molar-refractivity contribution >= 4 is 10.0 Å². The van der Waals surface area contributed by atoms with Crippen LogP contribution < -0.4 is 10.5 Å². The number of alkyl halides is 3. The number of sulfonamides is 1. The smallest absolute Gasteiger partial charge is 0.330 e. The second-order valence-electron chi connectivity index (χ2n) is 3.77. The van der Waals surface area contributed by atoms with Gasteiger partial charge in [-0.25, -0.2) is 13.1 Å². The first-order valence-electron chi connectivity index (χ1n) is 5.50. The standard InChI is InChI=1S/C10H14F3N3O2S/c11-10(12,13)9-4-3-8(7-15-9)19(17,18)16-6-2-1-5-14/h3-4,7,16H,1-2,5-6,14H2. The highest BCUT2D eigenvalue weighted by Crippen LogP contribution is 2.27. The average Bonchev–Trinajstić information content (AvgIpc) is 2.34. The molecule has 9 heteroatoms. The monoisotopic (exact) mass is 297 g/mol. The Balaban J connectivity index is 2.74. The molecule has 0 aliphatic carbocycles. The van der Waals surface area contributed by atoms with Crippen molar-refractivity contribution in [3.63, 3.8) is 0 Å². The number of nitrogens with one attached hydrogen (secondary N) is 1. The van der Waals surface area contributed by atoms with E-state index in [1.54, 1.807) is 0 Å². The first-order valence-corrected chi connectivity index (χ1v) is 6.98. The van der Waals surface area contributed by atoms with E-state index in [0.29, 0.717) is 31.6 Å². The van der Waals surface area contributed by atoms with E-state index in [0.717, 1.165) is 6.07 Å². The first-order chi connectivity index (χ1) is 8.77. The molecule has 1 heterocycles. The number of pyridine rings is 1. The minimum absolute atomic E-state index is 0.181. The van der Waals surface area contributed by atoms with Crippen molar-refractivity contribution in [2.24, 2.45) is 5.73 Å². The summed E-state index contributed by atoms with van der Waals surface area (Å²) in [5.41, 5.74) is 4.12. The molecule has 1 aromatic heterocycles. The molecule has 5 nitrogen and oxygen atoms in total. The minimum Gasteiger partial charge on any atom is -0.330 e.